The molecule has 10 heteroatoms. The molecule has 0 bridgehead atoms. The Morgan fingerprint density at radius 3 is 2.92 bits per heavy atom. The van der Waals surface area contributed by atoms with Crippen LogP contribution in [0, 0.1) is 13.8 Å². The van der Waals surface area contributed by atoms with E-state index in [1.165, 1.54) is 0 Å². The average Bonchev–Trinajstić information content (AvgIpc) is 3.28. The molecule has 0 unspecified atom stereocenters. The van der Waals surface area contributed by atoms with E-state index in [9.17, 15) is 8.42 Å². The number of ether oxygens (including phenoxy) is 1. The molecule has 0 amide bonds. The first-order chi connectivity index (χ1) is 12.4. The van der Waals surface area contributed by atoms with Gasteiger partial charge in [-0.25, -0.2) is 8.42 Å². The zero-order chi connectivity index (χ0) is 18.7. The minimum Gasteiger partial charge on any atom is -0.376 e. The number of nitrogens with one attached hydrogen (secondary N) is 2. The van der Waals surface area contributed by atoms with Gasteiger partial charge >= 0.3 is 0 Å². The van der Waals surface area contributed by atoms with E-state index >= 15 is 0 Å². The van der Waals surface area contributed by atoms with E-state index in [-0.39, 0.29) is 23.7 Å². The zero-order valence-electron chi connectivity index (χ0n) is 15.1. The minimum atomic E-state index is -2.95. The molecule has 2 atom stereocenters. The molecule has 2 aliphatic heterocycles. The summed E-state index contributed by atoms with van der Waals surface area (Å²) in [7, 11) is -2.95. The van der Waals surface area contributed by atoms with Crippen molar-refractivity contribution in [3.8, 4) is 0 Å². The van der Waals surface area contributed by atoms with E-state index < -0.39 is 9.84 Å². The molecule has 3 heterocycles. The molecule has 1 aromatic heterocycles. The van der Waals surface area contributed by atoms with Crippen LogP contribution in [0.3, 0.4) is 0 Å². The molecular formula is C16H25N5O3S2. The second-order valence-corrected chi connectivity index (χ2v) is 9.44. The molecule has 26 heavy (non-hydrogen) atoms. The van der Waals surface area contributed by atoms with Crippen LogP contribution in [0.15, 0.2) is 5.10 Å². The molecule has 144 valence electrons. The summed E-state index contributed by atoms with van der Waals surface area (Å²) in [6.45, 7) is 5.31. The summed E-state index contributed by atoms with van der Waals surface area (Å²) in [6, 6.07) is -0.0945. The first kappa shape index (κ1) is 19.2. The van der Waals surface area contributed by atoms with E-state index in [4.69, 9.17) is 17.0 Å². The third-order valence-electron chi connectivity index (χ3n) is 4.81. The van der Waals surface area contributed by atoms with Crippen molar-refractivity contribution in [1.82, 2.24) is 20.5 Å². The number of hydrogen-bond donors (Lipinski definition) is 2. The van der Waals surface area contributed by atoms with Gasteiger partial charge in [0, 0.05) is 24.4 Å². The maximum atomic E-state index is 11.7. The van der Waals surface area contributed by atoms with Crippen LogP contribution in [0.4, 0.5) is 0 Å². The Kier molecular flexibility index (Phi) is 5.93. The van der Waals surface area contributed by atoms with Crippen LogP contribution in [0.2, 0.25) is 0 Å². The van der Waals surface area contributed by atoms with Crippen molar-refractivity contribution in [3.05, 3.63) is 17.0 Å². The standard InChI is InChI=1S/C16H25N5O3S2/c1-11-15(9-18-19-16(25)17-8-14-4-3-6-24-14)12(2)21(20-11)13-5-7-26(22,23)10-13/h9,13-14H,3-8,10H2,1-2H3,(H2,17,19,25)/b18-9-/t13-,14-/m1/s1. The summed E-state index contributed by atoms with van der Waals surface area (Å²) in [5, 5.41) is 12.2. The number of thiocarbonyl (C=S) groups is 1. The van der Waals surface area contributed by atoms with E-state index in [2.05, 4.69) is 20.9 Å². The summed E-state index contributed by atoms with van der Waals surface area (Å²) < 4.78 is 30.8. The van der Waals surface area contributed by atoms with Crippen LogP contribution in [0.25, 0.3) is 0 Å². The van der Waals surface area contributed by atoms with E-state index in [1.54, 1.807) is 6.21 Å². The summed E-state index contributed by atoms with van der Waals surface area (Å²) in [6.07, 6.45) is 4.64. The first-order valence-electron chi connectivity index (χ1n) is 8.80. The fourth-order valence-corrected chi connectivity index (χ4v) is 5.22. The van der Waals surface area contributed by atoms with Gasteiger partial charge < -0.3 is 10.1 Å². The summed E-state index contributed by atoms with van der Waals surface area (Å²) in [5.74, 6) is 0.382. The Hall–Kier alpha value is -1.52. The highest BCUT2D eigenvalue weighted by atomic mass is 32.2. The molecule has 0 aromatic carbocycles. The van der Waals surface area contributed by atoms with Crippen molar-refractivity contribution >= 4 is 33.4 Å². The number of rotatable bonds is 5. The van der Waals surface area contributed by atoms with Crippen molar-refractivity contribution in [1.29, 1.82) is 0 Å². The molecular weight excluding hydrogens is 374 g/mol. The molecule has 0 aliphatic carbocycles. The van der Waals surface area contributed by atoms with Crippen LogP contribution < -0.4 is 10.7 Å². The highest BCUT2D eigenvalue weighted by Gasteiger charge is 2.31. The van der Waals surface area contributed by atoms with Crippen LogP contribution in [0.5, 0.6) is 0 Å². The number of hydrogen-bond acceptors (Lipinski definition) is 6. The van der Waals surface area contributed by atoms with Gasteiger partial charge in [0.05, 0.1) is 35.6 Å². The Morgan fingerprint density at radius 1 is 1.46 bits per heavy atom. The van der Waals surface area contributed by atoms with Gasteiger partial charge in [-0.05, 0) is 45.3 Å². The fraction of sp³-hybridized carbons (Fsp3) is 0.688. The molecule has 3 rings (SSSR count). The summed E-state index contributed by atoms with van der Waals surface area (Å²) >= 11 is 5.21. The first-order valence-corrected chi connectivity index (χ1v) is 11.0. The Labute approximate surface area is 159 Å². The van der Waals surface area contributed by atoms with Crippen molar-refractivity contribution in [2.75, 3.05) is 24.7 Å². The fourth-order valence-electron chi connectivity index (χ4n) is 3.39. The number of nitrogens with zero attached hydrogens (tertiary/aromatic N) is 3. The second kappa shape index (κ2) is 8.01. The lowest BCUT2D eigenvalue weighted by molar-refractivity contribution is 0.114. The molecule has 8 nitrogen and oxygen atoms in total. The third-order valence-corrected chi connectivity index (χ3v) is 6.80. The predicted molar refractivity (Wildman–Crippen MR) is 104 cm³/mol. The average molecular weight is 400 g/mol. The van der Waals surface area contributed by atoms with Gasteiger partial charge in [-0.2, -0.15) is 10.2 Å². The SMILES string of the molecule is Cc1nn([C@@H]2CCS(=O)(=O)C2)c(C)c1/C=N\NC(=S)NC[C@H]1CCCO1. The third kappa shape index (κ3) is 4.60. The lowest BCUT2D eigenvalue weighted by atomic mass is 10.2. The number of aryl methyl sites for hydroxylation is 1. The number of aromatic nitrogens is 2. The lowest BCUT2D eigenvalue weighted by Crippen LogP contribution is -2.37. The quantitative estimate of drug-likeness (QED) is 0.430. The Balaban J connectivity index is 1.57. The molecule has 2 aliphatic rings. The van der Waals surface area contributed by atoms with Crippen molar-refractivity contribution in [2.45, 2.75) is 45.3 Å². The monoisotopic (exact) mass is 399 g/mol. The van der Waals surface area contributed by atoms with Gasteiger partial charge in [0.15, 0.2) is 14.9 Å². The van der Waals surface area contributed by atoms with Gasteiger partial charge in [-0.1, -0.05) is 0 Å². The predicted octanol–water partition coefficient (Wildman–Crippen LogP) is 0.837. The topological polar surface area (TPSA) is 97.6 Å². The van der Waals surface area contributed by atoms with Gasteiger partial charge in [-0.15, -0.1) is 0 Å². The van der Waals surface area contributed by atoms with Crippen LogP contribution in [0.1, 0.15) is 42.3 Å². The van der Waals surface area contributed by atoms with Gasteiger partial charge in [0.2, 0.25) is 0 Å². The Morgan fingerprint density at radius 2 is 2.27 bits per heavy atom. The zero-order valence-corrected chi connectivity index (χ0v) is 16.7. The Bertz CT molecular complexity index is 797. The highest BCUT2D eigenvalue weighted by Crippen LogP contribution is 2.26. The maximum absolute atomic E-state index is 11.7. The van der Waals surface area contributed by atoms with E-state index in [1.807, 2.05) is 18.5 Å². The maximum Gasteiger partial charge on any atom is 0.187 e. The molecule has 0 spiro atoms. The molecule has 2 fully saturated rings. The molecule has 1 aromatic rings. The van der Waals surface area contributed by atoms with E-state index in [0.29, 0.717) is 18.1 Å². The van der Waals surface area contributed by atoms with Crippen molar-refractivity contribution in [2.24, 2.45) is 5.10 Å². The van der Waals surface area contributed by atoms with Gasteiger partial charge in [-0.3, -0.25) is 10.1 Å². The molecule has 2 saturated heterocycles. The lowest BCUT2D eigenvalue weighted by Gasteiger charge is -2.12. The van der Waals surface area contributed by atoms with Crippen molar-refractivity contribution in [3.63, 3.8) is 0 Å². The minimum absolute atomic E-state index is 0.0945. The van der Waals surface area contributed by atoms with Crippen molar-refractivity contribution < 1.29 is 13.2 Å². The van der Waals surface area contributed by atoms with Crippen LogP contribution >= 0.6 is 12.2 Å². The van der Waals surface area contributed by atoms with Crippen LogP contribution in [-0.4, -0.2) is 60.3 Å². The van der Waals surface area contributed by atoms with Crippen LogP contribution in [-0.2, 0) is 14.6 Å². The van der Waals surface area contributed by atoms with Gasteiger partial charge in [0.1, 0.15) is 0 Å². The normalized spacial score (nSPS) is 25.0. The molecule has 0 radical (unpaired) electrons. The number of hydrazone groups is 1. The summed E-state index contributed by atoms with van der Waals surface area (Å²) in [5.41, 5.74) is 5.41. The largest absolute Gasteiger partial charge is 0.376 e. The number of sulfone groups is 1. The molecule has 0 saturated carbocycles. The molecule has 2 N–H and O–H groups in total. The highest BCUT2D eigenvalue weighted by molar-refractivity contribution is 7.91. The summed E-state index contributed by atoms with van der Waals surface area (Å²) in [4.78, 5) is 0. The smallest absolute Gasteiger partial charge is 0.187 e. The second-order valence-electron chi connectivity index (χ2n) is 6.80. The van der Waals surface area contributed by atoms with E-state index in [0.717, 1.165) is 36.4 Å². The van der Waals surface area contributed by atoms with Gasteiger partial charge in [0.25, 0.3) is 0 Å².